The summed E-state index contributed by atoms with van der Waals surface area (Å²) in [5.41, 5.74) is -2.32. The summed E-state index contributed by atoms with van der Waals surface area (Å²) in [5, 5.41) is 11.7. The molecule has 5 unspecified atom stereocenters. The number of rotatable bonds is 3. The third kappa shape index (κ3) is 4.18. The van der Waals surface area contributed by atoms with Gasteiger partial charge in [0, 0.05) is 49.1 Å². The smallest absolute Gasteiger partial charge is 0.337 e. The van der Waals surface area contributed by atoms with Crippen molar-refractivity contribution in [2.45, 2.75) is 77.3 Å². The summed E-state index contributed by atoms with van der Waals surface area (Å²) in [7, 11) is 0. The third-order valence-electron chi connectivity index (χ3n) is 9.86. The molecule has 4 aliphatic carbocycles. The molecule has 4 aliphatic rings. The van der Waals surface area contributed by atoms with E-state index in [-0.39, 0.29) is 68.6 Å². The maximum atomic E-state index is 12.5. The number of aliphatic hydroxyl groups is 1. The van der Waals surface area contributed by atoms with Crippen molar-refractivity contribution >= 4 is 41.2 Å². The molecule has 5 nitrogen and oxygen atoms in total. The van der Waals surface area contributed by atoms with Crippen molar-refractivity contribution in [1.82, 2.24) is 0 Å². The van der Waals surface area contributed by atoms with E-state index in [2.05, 4.69) is 34.0 Å². The van der Waals surface area contributed by atoms with Gasteiger partial charge in [0.2, 0.25) is 4.84 Å². The van der Waals surface area contributed by atoms with E-state index in [0.717, 1.165) is 12.0 Å². The molecule has 1 radical (unpaired) electrons. The van der Waals surface area contributed by atoms with Crippen molar-refractivity contribution in [2.75, 3.05) is 0 Å². The van der Waals surface area contributed by atoms with Gasteiger partial charge in [0.25, 0.3) is 0 Å². The van der Waals surface area contributed by atoms with Crippen molar-refractivity contribution < 1.29 is 56.9 Å². The largest absolute Gasteiger partial charge is 0.538 e. The summed E-state index contributed by atoms with van der Waals surface area (Å²) >= 11 is 11.5. The number of ketones is 1. The molecular formula is C27H36Cl2O5Y-2. The van der Waals surface area contributed by atoms with Crippen LogP contribution in [0.4, 0.5) is 0 Å². The first kappa shape index (κ1) is 31.2. The average molecular weight is 600 g/mol. The number of fused-ring (bicyclic) bond motifs is 5. The molecule has 35 heavy (non-hydrogen) atoms. The molecule has 8 heteroatoms. The number of ether oxygens (including phenoxy) is 1. The minimum Gasteiger partial charge on any atom is -0.538 e. The van der Waals surface area contributed by atoms with Crippen molar-refractivity contribution in [1.29, 1.82) is 0 Å². The van der Waals surface area contributed by atoms with E-state index in [0.29, 0.717) is 6.42 Å². The second-order valence-corrected chi connectivity index (χ2v) is 12.1. The predicted octanol–water partition coefficient (Wildman–Crippen LogP) is 5.18. The molecular weight excluding hydrogens is 564 g/mol. The molecule has 0 bridgehead atoms. The Hall–Kier alpha value is -0.0661. The molecule has 0 saturated heterocycles. The van der Waals surface area contributed by atoms with Crippen LogP contribution >= 0.6 is 23.2 Å². The Morgan fingerprint density at radius 2 is 1.80 bits per heavy atom. The van der Waals surface area contributed by atoms with Crippen LogP contribution in [0.1, 0.15) is 60.8 Å². The summed E-state index contributed by atoms with van der Waals surface area (Å²) in [5.74, 6) is -0.986. The van der Waals surface area contributed by atoms with Gasteiger partial charge in [0.05, 0.1) is 6.10 Å². The molecule has 1 N–H and O–H groups in total. The SMILES string of the molecule is C[C@@H]1CC2C3C[C@H](C)C4=CC(=O)C=CC4(C)[C@@]3(C)C(O)CC2(C)[C@]1([C-]=O)OC(=O)C(Cl)Cl.[CH2-]C.[Y]. The van der Waals surface area contributed by atoms with Crippen molar-refractivity contribution in [3.63, 3.8) is 0 Å². The fourth-order valence-electron chi connectivity index (χ4n) is 7.98. The van der Waals surface area contributed by atoms with E-state index in [9.17, 15) is 19.5 Å². The summed E-state index contributed by atoms with van der Waals surface area (Å²) < 4.78 is 5.72. The van der Waals surface area contributed by atoms with Crippen molar-refractivity contribution in [3.8, 4) is 0 Å². The molecule has 3 fully saturated rings. The van der Waals surface area contributed by atoms with Gasteiger partial charge in [-0.2, -0.15) is 6.92 Å². The number of allylic oxidation sites excluding steroid dienone is 4. The predicted molar refractivity (Wildman–Crippen MR) is 133 cm³/mol. The van der Waals surface area contributed by atoms with Crippen LogP contribution in [0, 0.1) is 46.8 Å². The summed E-state index contributed by atoms with van der Waals surface area (Å²) in [4.78, 5) is 35.6. The molecule has 0 aromatic rings. The first-order valence-electron chi connectivity index (χ1n) is 12.0. The fraction of sp³-hybridized carbons (Fsp3) is 0.704. The Balaban J connectivity index is 0.00000140. The molecule has 0 aromatic heterocycles. The number of hydrogen-bond donors (Lipinski definition) is 1. The normalized spacial score (nSPS) is 45.6. The Morgan fingerprint density at radius 3 is 2.34 bits per heavy atom. The quantitative estimate of drug-likeness (QED) is 0.275. The average Bonchev–Trinajstić information content (AvgIpc) is 3.00. The zero-order valence-electron chi connectivity index (χ0n) is 21.4. The molecule has 4 rings (SSSR count). The fourth-order valence-corrected chi connectivity index (χ4v) is 8.07. The van der Waals surface area contributed by atoms with Gasteiger partial charge < -0.3 is 21.6 Å². The Morgan fingerprint density at radius 1 is 1.20 bits per heavy atom. The third-order valence-corrected chi connectivity index (χ3v) is 10.2. The number of esters is 1. The van der Waals surface area contributed by atoms with Gasteiger partial charge in [-0.1, -0.05) is 69.5 Å². The standard InChI is InChI=1S/C25H31Cl2O5.C2H5.Y/c1-13-8-18-17-9-14(2)25(12-28,32-21(31)20(26)27)23(17,4)11-19(30)24(18,5)22(3)7-6-15(29)10-16(13)22;1-2;/h6-7,10,13-14,17-20,30H,8-9,11H2,1-5H3;1H2,2H3;/q2*-1;/t13-,14+,17?,18?,19?,22?,23?,24+,25+;;/m0../s1. The number of aliphatic hydroxyl groups excluding tert-OH is 1. The van der Waals surface area contributed by atoms with Crippen LogP contribution in [-0.4, -0.2) is 39.7 Å². The summed E-state index contributed by atoms with van der Waals surface area (Å²) in [6.45, 7) is 15.2. The van der Waals surface area contributed by atoms with Gasteiger partial charge in [0.15, 0.2) is 5.78 Å². The Labute approximate surface area is 244 Å². The molecule has 3 saturated carbocycles. The second kappa shape index (κ2) is 10.6. The zero-order valence-corrected chi connectivity index (χ0v) is 25.8. The molecule has 0 spiro atoms. The van der Waals surface area contributed by atoms with Crippen LogP contribution < -0.4 is 0 Å². The number of hydrogen-bond acceptors (Lipinski definition) is 5. The Bertz CT molecular complexity index is 935. The number of alkyl halides is 2. The van der Waals surface area contributed by atoms with E-state index in [1.54, 1.807) is 19.1 Å². The van der Waals surface area contributed by atoms with Crippen LogP contribution in [0.25, 0.3) is 0 Å². The molecule has 0 heterocycles. The first-order valence-corrected chi connectivity index (χ1v) is 12.9. The van der Waals surface area contributed by atoms with Crippen LogP contribution in [-0.2, 0) is 51.8 Å². The zero-order chi connectivity index (χ0) is 25.9. The van der Waals surface area contributed by atoms with E-state index >= 15 is 0 Å². The maximum Gasteiger partial charge on any atom is 0.337 e. The van der Waals surface area contributed by atoms with Crippen molar-refractivity contribution in [2.24, 2.45) is 39.9 Å². The van der Waals surface area contributed by atoms with E-state index < -0.39 is 38.8 Å². The van der Waals surface area contributed by atoms with E-state index in [4.69, 9.17) is 27.9 Å². The van der Waals surface area contributed by atoms with E-state index in [1.165, 1.54) is 0 Å². The number of carbonyl (C=O) groups excluding carboxylic acids is 3. The van der Waals surface area contributed by atoms with Gasteiger partial charge in [-0.05, 0) is 60.5 Å². The maximum absolute atomic E-state index is 12.5. The second-order valence-electron chi connectivity index (χ2n) is 11.0. The van der Waals surface area contributed by atoms with Crippen LogP contribution in [0.2, 0.25) is 0 Å². The summed E-state index contributed by atoms with van der Waals surface area (Å²) in [6, 6.07) is 0. The molecule has 0 amide bonds. The summed E-state index contributed by atoms with van der Waals surface area (Å²) in [6.07, 6.45) is 8.29. The number of halogens is 2. The minimum atomic E-state index is -1.53. The van der Waals surface area contributed by atoms with Gasteiger partial charge in [-0.15, -0.1) is 0 Å². The van der Waals surface area contributed by atoms with Gasteiger partial charge in [-0.25, -0.2) is 11.1 Å². The molecule has 0 aromatic carbocycles. The topological polar surface area (TPSA) is 80.7 Å². The number of carbonyl (C=O) groups is 2. The molecule has 193 valence electrons. The van der Waals surface area contributed by atoms with Crippen LogP contribution in [0.5, 0.6) is 0 Å². The van der Waals surface area contributed by atoms with Crippen LogP contribution in [0.3, 0.4) is 0 Å². The molecule has 0 aliphatic heterocycles. The van der Waals surface area contributed by atoms with E-state index in [1.807, 2.05) is 19.9 Å². The van der Waals surface area contributed by atoms with Crippen LogP contribution in [0.15, 0.2) is 23.8 Å². The minimum absolute atomic E-state index is 0. The van der Waals surface area contributed by atoms with Gasteiger partial charge in [-0.3, -0.25) is 4.79 Å². The van der Waals surface area contributed by atoms with Gasteiger partial charge in [0.1, 0.15) is 0 Å². The van der Waals surface area contributed by atoms with Gasteiger partial charge >= 0.3 is 5.97 Å². The van der Waals surface area contributed by atoms with Crippen molar-refractivity contribution in [3.05, 3.63) is 30.7 Å². The first-order chi connectivity index (χ1) is 15.8. The molecule has 9 atom stereocenters. The Kier molecular flexibility index (Phi) is 9.43. The monoisotopic (exact) mass is 599 g/mol.